The SMILES string of the molecule is O=[C]C[O][V]. The predicted molar refractivity (Wildman–Crippen MR) is 11.6 cm³/mol. The second-order valence-corrected chi connectivity index (χ2v) is 0.821. The Kier molecular flexibility index (Phi) is 4.40. The van der Waals surface area contributed by atoms with Gasteiger partial charge in [-0.15, -0.1) is 0 Å². The molecule has 0 aliphatic carbocycles. The third kappa shape index (κ3) is 4.21. The van der Waals surface area contributed by atoms with Crippen LogP contribution in [0.2, 0.25) is 0 Å². The van der Waals surface area contributed by atoms with Crippen molar-refractivity contribution in [2.24, 2.45) is 0 Å². The van der Waals surface area contributed by atoms with E-state index in [-0.39, 0.29) is 6.61 Å². The Labute approximate surface area is 39.8 Å². The molecule has 1 radical (unpaired) electrons. The molecule has 0 aromatic heterocycles. The molecule has 0 bridgehead atoms. The fourth-order valence-electron chi connectivity index (χ4n) is 0.0264. The second-order valence-electron chi connectivity index (χ2n) is 0.418. The molecule has 27 valence electrons. The van der Waals surface area contributed by atoms with Crippen LogP contribution in [-0.2, 0) is 26.2 Å². The molecule has 0 fully saturated rings. The van der Waals surface area contributed by atoms with Gasteiger partial charge in [-0.25, -0.2) is 0 Å². The van der Waals surface area contributed by atoms with Gasteiger partial charge in [0, 0.05) is 0 Å². The van der Waals surface area contributed by atoms with Crippen LogP contribution in [0.25, 0.3) is 0 Å². The quantitative estimate of drug-likeness (QED) is 0.481. The van der Waals surface area contributed by atoms with Crippen LogP contribution in [0.4, 0.5) is 0 Å². The average Bonchev–Trinajstić information content (AvgIpc) is 1.41. The number of carbonyl (C=O) groups excluding carboxylic acids is 1. The van der Waals surface area contributed by atoms with E-state index in [2.05, 4.69) is 3.66 Å². The first kappa shape index (κ1) is 5.21. The second kappa shape index (κ2) is 4.21. The standard InChI is InChI=1S/C2H2O2.V/c3-1-2-4;/h1H2;/q-1;+1. The Morgan fingerprint density at radius 2 is 2.60 bits per heavy atom. The monoisotopic (exact) mass is 109 g/mol. The van der Waals surface area contributed by atoms with Crippen molar-refractivity contribution in [2.45, 2.75) is 0 Å². The molecule has 0 atom stereocenters. The summed E-state index contributed by atoms with van der Waals surface area (Å²) in [6.45, 7) is 0.0556. The first-order valence-electron chi connectivity index (χ1n) is 1.03. The van der Waals surface area contributed by atoms with Crippen LogP contribution in [0.3, 0.4) is 0 Å². The molecular weight excluding hydrogens is 107 g/mol. The Morgan fingerprint density at radius 3 is 2.60 bits per heavy atom. The Bertz CT molecular complexity index is 28.8. The van der Waals surface area contributed by atoms with Crippen molar-refractivity contribution < 1.29 is 26.2 Å². The molecule has 0 aliphatic heterocycles. The van der Waals surface area contributed by atoms with E-state index in [1.165, 1.54) is 6.29 Å². The molecule has 0 aromatic rings. The van der Waals surface area contributed by atoms with Gasteiger partial charge in [0.1, 0.15) is 0 Å². The average molecular weight is 109 g/mol. The van der Waals surface area contributed by atoms with Crippen molar-refractivity contribution in [3.8, 4) is 0 Å². The van der Waals surface area contributed by atoms with Gasteiger partial charge in [0.2, 0.25) is 0 Å². The first-order valence-corrected chi connectivity index (χ1v) is 1.60. The van der Waals surface area contributed by atoms with Crippen molar-refractivity contribution in [2.75, 3.05) is 6.61 Å². The van der Waals surface area contributed by atoms with Gasteiger partial charge in [-0.1, -0.05) is 0 Å². The minimum atomic E-state index is 0.0556. The van der Waals surface area contributed by atoms with E-state index in [1.54, 1.807) is 0 Å². The zero-order chi connectivity index (χ0) is 4.12. The topological polar surface area (TPSA) is 26.3 Å². The Balaban J connectivity index is 2.40. The van der Waals surface area contributed by atoms with Crippen molar-refractivity contribution >= 4 is 6.29 Å². The van der Waals surface area contributed by atoms with Gasteiger partial charge in [-0.05, 0) is 0 Å². The van der Waals surface area contributed by atoms with Crippen LogP contribution < -0.4 is 0 Å². The molecule has 0 spiro atoms. The third-order valence-electron chi connectivity index (χ3n) is 0.123. The molecule has 0 N–H and O–H groups in total. The molecule has 0 rings (SSSR count). The zero-order valence-electron chi connectivity index (χ0n) is 2.47. The number of hydrogen-bond donors (Lipinski definition) is 0. The molecule has 0 aliphatic rings. The predicted octanol–water partition coefficient (Wildman–Crippen LogP) is -0.425. The van der Waals surface area contributed by atoms with E-state index in [9.17, 15) is 0 Å². The van der Waals surface area contributed by atoms with Crippen LogP contribution in [0.5, 0.6) is 0 Å². The van der Waals surface area contributed by atoms with E-state index < -0.39 is 0 Å². The molecule has 3 heteroatoms. The Morgan fingerprint density at radius 1 is 2.00 bits per heavy atom. The Hall–Kier alpha value is 0.214. The summed E-state index contributed by atoms with van der Waals surface area (Å²) in [6, 6.07) is 0. The zero-order valence-corrected chi connectivity index (χ0v) is 3.87. The van der Waals surface area contributed by atoms with Crippen molar-refractivity contribution in [3.63, 3.8) is 0 Å². The van der Waals surface area contributed by atoms with E-state index in [0.717, 1.165) is 0 Å². The molecular formula is C2H2O2V. The van der Waals surface area contributed by atoms with E-state index in [0.29, 0.717) is 0 Å². The molecule has 0 aromatic carbocycles. The van der Waals surface area contributed by atoms with Crippen LogP contribution in [0.1, 0.15) is 0 Å². The van der Waals surface area contributed by atoms with Gasteiger partial charge < -0.3 is 0 Å². The number of hydrogen-bond acceptors (Lipinski definition) is 2. The molecule has 0 unspecified atom stereocenters. The fraction of sp³-hybridized carbons (Fsp3) is 0.500. The summed E-state index contributed by atoms with van der Waals surface area (Å²) in [5.74, 6) is 0. The normalized spacial score (nSPS) is 7.20. The van der Waals surface area contributed by atoms with Gasteiger partial charge in [0.05, 0.1) is 0 Å². The molecule has 5 heavy (non-hydrogen) atoms. The van der Waals surface area contributed by atoms with Crippen LogP contribution in [0.15, 0.2) is 0 Å². The van der Waals surface area contributed by atoms with Crippen LogP contribution >= 0.6 is 0 Å². The molecule has 2 nitrogen and oxygen atoms in total. The molecule has 0 heterocycles. The van der Waals surface area contributed by atoms with Gasteiger partial charge in [0.25, 0.3) is 0 Å². The summed E-state index contributed by atoms with van der Waals surface area (Å²) in [4.78, 5) is 9.14. The summed E-state index contributed by atoms with van der Waals surface area (Å²) in [5, 5.41) is 0. The third-order valence-corrected chi connectivity index (χ3v) is 0.325. The number of rotatable bonds is 2. The van der Waals surface area contributed by atoms with E-state index in [4.69, 9.17) is 4.79 Å². The van der Waals surface area contributed by atoms with E-state index >= 15 is 0 Å². The maximum atomic E-state index is 9.14. The van der Waals surface area contributed by atoms with Crippen molar-refractivity contribution in [1.82, 2.24) is 0 Å². The van der Waals surface area contributed by atoms with Crippen LogP contribution in [-0.4, -0.2) is 12.9 Å². The van der Waals surface area contributed by atoms with E-state index in [1.807, 2.05) is 17.8 Å². The van der Waals surface area contributed by atoms with Gasteiger partial charge >= 0.3 is 39.1 Å². The van der Waals surface area contributed by atoms with Crippen molar-refractivity contribution in [3.05, 3.63) is 0 Å². The summed E-state index contributed by atoms with van der Waals surface area (Å²) in [6.07, 6.45) is 1.53. The van der Waals surface area contributed by atoms with Crippen molar-refractivity contribution in [1.29, 1.82) is 0 Å². The first-order chi connectivity index (χ1) is 2.41. The minimum absolute atomic E-state index is 0.0556. The summed E-state index contributed by atoms with van der Waals surface area (Å²) in [7, 11) is 0. The maximum absolute atomic E-state index is 9.14. The van der Waals surface area contributed by atoms with Gasteiger partial charge in [0.15, 0.2) is 0 Å². The fourth-order valence-corrected chi connectivity index (χ4v) is 0.109. The summed E-state index contributed by atoms with van der Waals surface area (Å²) in [5.41, 5.74) is 0. The van der Waals surface area contributed by atoms with Gasteiger partial charge in [-0.2, -0.15) is 0 Å². The molecule has 0 amide bonds. The van der Waals surface area contributed by atoms with Gasteiger partial charge in [-0.3, -0.25) is 0 Å². The molecule has 0 saturated heterocycles. The summed E-state index contributed by atoms with van der Waals surface area (Å²) < 4.78 is 4.20. The summed E-state index contributed by atoms with van der Waals surface area (Å²) >= 11 is 1.82. The molecule has 0 saturated carbocycles. The van der Waals surface area contributed by atoms with Crippen LogP contribution in [0, 0.1) is 0 Å².